The van der Waals surface area contributed by atoms with Gasteiger partial charge in [0.15, 0.2) is 0 Å². The summed E-state index contributed by atoms with van der Waals surface area (Å²) >= 11 is 0. The molecule has 0 amide bonds. The molecule has 1 heterocycles. The second-order valence-electron chi connectivity index (χ2n) is 4.65. The Hall–Kier alpha value is -2.77. The van der Waals surface area contributed by atoms with Crippen molar-refractivity contribution in [2.24, 2.45) is 0 Å². The molecule has 1 aromatic carbocycles. The highest BCUT2D eigenvalue weighted by Gasteiger charge is 2.14. The molecule has 21 heavy (non-hydrogen) atoms. The van der Waals surface area contributed by atoms with Gasteiger partial charge < -0.3 is 4.90 Å². The molecule has 0 radical (unpaired) electrons. The molecule has 7 nitrogen and oxygen atoms in total. The van der Waals surface area contributed by atoms with E-state index in [9.17, 15) is 19.3 Å². The van der Waals surface area contributed by atoms with Crippen molar-refractivity contribution in [3.63, 3.8) is 0 Å². The van der Waals surface area contributed by atoms with Gasteiger partial charge in [-0.15, -0.1) is 0 Å². The summed E-state index contributed by atoms with van der Waals surface area (Å²) in [6.45, 7) is 0.0431. The Labute approximate surface area is 119 Å². The molecule has 2 aromatic rings. The fourth-order valence-electron chi connectivity index (χ4n) is 1.76. The Balaban J connectivity index is 2.28. The number of nitro benzene ring substituents is 1. The van der Waals surface area contributed by atoms with Gasteiger partial charge in [0, 0.05) is 26.2 Å². The van der Waals surface area contributed by atoms with Crippen LogP contribution in [0.25, 0.3) is 0 Å². The van der Waals surface area contributed by atoms with Crippen LogP contribution in [-0.4, -0.2) is 28.8 Å². The molecular formula is C13H13FN4O3. The Morgan fingerprint density at radius 1 is 1.38 bits per heavy atom. The molecule has 0 bridgehead atoms. The van der Waals surface area contributed by atoms with Crippen LogP contribution < -0.4 is 10.5 Å². The van der Waals surface area contributed by atoms with E-state index < -0.39 is 16.4 Å². The van der Waals surface area contributed by atoms with Crippen molar-refractivity contribution >= 4 is 11.4 Å². The highest BCUT2D eigenvalue weighted by Crippen LogP contribution is 2.18. The van der Waals surface area contributed by atoms with E-state index in [0.717, 1.165) is 16.8 Å². The van der Waals surface area contributed by atoms with E-state index in [4.69, 9.17) is 0 Å². The van der Waals surface area contributed by atoms with Gasteiger partial charge in [-0.1, -0.05) is 6.07 Å². The first-order valence-electron chi connectivity index (χ1n) is 6.06. The Bertz CT molecular complexity index is 742. The van der Waals surface area contributed by atoms with Crippen LogP contribution >= 0.6 is 0 Å². The molecular weight excluding hydrogens is 279 g/mol. The van der Waals surface area contributed by atoms with Crippen LogP contribution in [0.15, 0.2) is 35.3 Å². The lowest BCUT2D eigenvalue weighted by Crippen LogP contribution is -2.24. The summed E-state index contributed by atoms with van der Waals surface area (Å²) in [6.07, 6.45) is 1.52. The molecule has 0 atom stereocenters. The summed E-state index contributed by atoms with van der Waals surface area (Å²) in [5.74, 6) is -0.935. The van der Waals surface area contributed by atoms with E-state index in [1.54, 1.807) is 19.0 Å². The number of hydrogen-bond donors (Lipinski definition) is 0. The Morgan fingerprint density at radius 2 is 2.10 bits per heavy atom. The average molecular weight is 292 g/mol. The predicted octanol–water partition coefficient (Wildman–Crippen LogP) is 1.40. The van der Waals surface area contributed by atoms with E-state index in [1.165, 1.54) is 18.3 Å². The maximum Gasteiger partial charge on any atom is 0.304 e. The van der Waals surface area contributed by atoms with Gasteiger partial charge in [0.1, 0.15) is 0 Å². The fourth-order valence-corrected chi connectivity index (χ4v) is 1.76. The number of nitro groups is 1. The van der Waals surface area contributed by atoms with Gasteiger partial charge in [-0.05, 0) is 11.6 Å². The van der Waals surface area contributed by atoms with Gasteiger partial charge in [0.25, 0.3) is 5.56 Å². The zero-order valence-electron chi connectivity index (χ0n) is 11.5. The molecule has 8 heteroatoms. The molecule has 0 saturated heterocycles. The van der Waals surface area contributed by atoms with E-state index in [-0.39, 0.29) is 12.1 Å². The highest BCUT2D eigenvalue weighted by molar-refractivity contribution is 5.40. The number of anilines is 1. The topological polar surface area (TPSA) is 81.3 Å². The van der Waals surface area contributed by atoms with Crippen molar-refractivity contribution in [2.75, 3.05) is 19.0 Å². The minimum absolute atomic E-state index is 0.0431. The number of hydrogen-bond acceptors (Lipinski definition) is 5. The van der Waals surface area contributed by atoms with Gasteiger partial charge in [-0.3, -0.25) is 14.9 Å². The van der Waals surface area contributed by atoms with E-state index in [1.807, 2.05) is 0 Å². The normalized spacial score (nSPS) is 10.4. The first kappa shape index (κ1) is 14.6. The number of benzene rings is 1. The standard InChI is InChI=1S/C13H13FN4O3/c1-16(2)10-6-13(19)17(15-7-10)8-9-3-4-12(18(20)21)11(14)5-9/h3-7H,8H2,1-2H3. The average Bonchev–Trinajstić information content (AvgIpc) is 2.40. The van der Waals surface area contributed by atoms with Gasteiger partial charge in [0.2, 0.25) is 5.82 Å². The third-order valence-corrected chi connectivity index (χ3v) is 2.91. The fraction of sp³-hybridized carbons (Fsp3) is 0.231. The van der Waals surface area contributed by atoms with Crippen molar-refractivity contribution in [3.8, 4) is 0 Å². The minimum atomic E-state index is -0.935. The summed E-state index contributed by atoms with van der Waals surface area (Å²) in [5.41, 5.74) is 0.151. The lowest BCUT2D eigenvalue weighted by atomic mass is 10.2. The largest absolute Gasteiger partial charge is 0.376 e. The molecule has 0 aliphatic rings. The van der Waals surface area contributed by atoms with E-state index in [0.29, 0.717) is 11.3 Å². The maximum absolute atomic E-state index is 13.5. The molecule has 2 rings (SSSR count). The summed E-state index contributed by atoms with van der Waals surface area (Å²) in [7, 11) is 3.57. The Kier molecular flexibility index (Phi) is 3.97. The van der Waals surface area contributed by atoms with Crippen molar-refractivity contribution in [1.82, 2.24) is 9.78 Å². The molecule has 0 unspecified atom stereocenters. The lowest BCUT2D eigenvalue weighted by Gasteiger charge is -2.12. The highest BCUT2D eigenvalue weighted by atomic mass is 19.1. The smallest absolute Gasteiger partial charge is 0.304 e. The zero-order valence-corrected chi connectivity index (χ0v) is 11.5. The van der Waals surface area contributed by atoms with Crippen molar-refractivity contribution < 1.29 is 9.31 Å². The number of aromatic nitrogens is 2. The predicted molar refractivity (Wildman–Crippen MR) is 75.0 cm³/mol. The molecule has 0 aliphatic heterocycles. The second kappa shape index (κ2) is 5.70. The van der Waals surface area contributed by atoms with Crippen LogP contribution in [-0.2, 0) is 6.54 Å². The number of halogens is 1. The maximum atomic E-state index is 13.5. The first-order chi connectivity index (χ1) is 9.88. The monoisotopic (exact) mass is 292 g/mol. The first-order valence-corrected chi connectivity index (χ1v) is 6.06. The van der Waals surface area contributed by atoms with Gasteiger partial charge >= 0.3 is 5.69 Å². The SMILES string of the molecule is CN(C)c1cnn(Cc2ccc([N+](=O)[O-])c(F)c2)c(=O)c1. The van der Waals surface area contributed by atoms with Crippen molar-refractivity contribution in [3.05, 3.63) is 62.3 Å². The van der Waals surface area contributed by atoms with Crippen LogP contribution in [0, 0.1) is 15.9 Å². The summed E-state index contributed by atoms with van der Waals surface area (Å²) in [5, 5.41) is 14.5. The van der Waals surface area contributed by atoms with Crippen LogP contribution in [0.1, 0.15) is 5.56 Å². The molecule has 1 aromatic heterocycles. The third kappa shape index (κ3) is 3.22. The van der Waals surface area contributed by atoms with E-state index >= 15 is 0 Å². The molecule has 0 aliphatic carbocycles. The number of nitrogens with zero attached hydrogens (tertiary/aromatic N) is 4. The lowest BCUT2D eigenvalue weighted by molar-refractivity contribution is -0.387. The molecule has 0 N–H and O–H groups in total. The number of rotatable bonds is 4. The molecule has 110 valence electrons. The summed E-state index contributed by atoms with van der Waals surface area (Å²) in [6, 6.07) is 4.92. The minimum Gasteiger partial charge on any atom is -0.376 e. The van der Waals surface area contributed by atoms with Crippen LogP contribution in [0.2, 0.25) is 0 Å². The zero-order chi connectivity index (χ0) is 15.6. The summed E-state index contributed by atoms with van der Waals surface area (Å²) < 4.78 is 14.7. The van der Waals surface area contributed by atoms with Gasteiger partial charge in [0.05, 0.1) is 23.4 Å². The van der Waals surface area contributed by atoms with Crippen molar-refractivity contribution in [1.29, 1.82) is 0 Å². The van der Waals surface area contributed by atoms with Crippen molar-refractivity contribution in [2.45, 2.75) is 6.54 Å². The van der Waals surface area contributed by atoms with Crippen LogP contribution in [0.3, 0.4) is 0 Å². The van der Waals surface area contributed by atoms with Crippen LogP contribution in [0.4, 0.5) is 15.8 Å². The Morgan fingerprint density at radius 3 is 2.62 bits per heavy atom. The molecule has 0 spiro atoms. The summed E-state index contributed by atoms with van der Waals surface area (Å²) in [4.78, 5) is 23.4. The molecule has 0 fully saturated rings. The quantitative estimate of drug-likeness (QED) is 0.628. The van der Waals surface area contributed by atoms with Gasteiger partial charge in [-0.25, -0.2) is 4.68 Å². The third-order valence-electron chi connectivity index (χ3n) is 2.91. The van der Waals surface area contributed by atoms with Gasteiger partial charge in [-0.2, -0.15) is 9.49 Å². The van der Waals surface area contributed by atoms with Crippen LogP contribution in [0.5, 0.6) is 0 Å². The second-order valence-corrected chi connectivity index (χ2v) is 4.65. The molecule has 0 saturated carbocycles. The van der Waals surface area contributed by atoms with E-state index in [2.05, 4.69) is 5.10 Å².